The van der Waals surface area contributed by atoms with Gasteiger partial charge in [-0.05, 0) is 12.1 Å². The summed E-state index contributed by atoms with van der Waals surface area (Å²) in [5.41, 5.74) is 1.18. The SMILES string of the molecule is O=CCC(=O)c1nc2ccccc2o1. The van der Waals surface area contributed by atoms with E-state index in [1.165, 1.54) is 0 Å². The summed E-state index contributed by atoms with van der Waals surface area (Å²) in [6.45, 7) is 0. The number of aldehydes is 1. The van der Waals surface area contributed by atoms with Gasteiger partial charge in [0.2, 0.25) is 5.78 Å². The number of carbonyl (C=O) groups excluding carboxylic acids is 2. The lowest BCUT2D eigenvalue weighted by Gasteiger charge is -1.84. The number of rotatable bonds is 3. The van der Waals surface area contributed by atoms with Crippen molar-refractivity contribution in [2.45, 2.75) is 6.42 Å². The average Bonchev–Trinajstić information content (AvgIpc) is 2.61. The first-order valence-corrected chi connectivity index (χ1v) is 4.13. The molecular weight excluding hydrogens is 182 g/mol. The van der Waals surface area contributed by atoms with Crippen LogP contribution in [0.2, 0.25) is 0 Å². The number of para-hydroxylation sites is 2. The molecule has 1 heterocycles. The second-order valence-electron chi connectivity index (χ2n) is 2.78. The fraction of sp³-hybridized carbons (Fsp3) is 0.100. The molecule has 14 heavy (non-hydrogen) atoms. The number of hydrogen-bond donors (Lipinski definition) is 0. The van der Waals surface area contributed by atoms with E-state index in [1.807, 2.05) is 0 Å². The van der Waals surface area contributed by atoms with Crippen LogP contribution in [0.15, 0.2) is 28.7 Å². The Bertz CT molecular complexity index is 454. The lowest BCUT2D eigenvalue weighted by Crippen LogP contribution is -1.98. The largest absolute Gasteiger partial charge is 0.434 e. The van der Waals surface area contributed by atoms with Gasteiger partial charge in [0, 0.05) is 0 Å². The van der Waals surface area contributed by atoms with Crippen LogP contribution in [0.1, 0.15) is 17.1 Å². The van der Waals surface area contributed by atoms with Gasteiger partial charge < -0.3 is 9.21 Å². The summed E-state index contributed by atoms with van der Waals surface area (Å²) in [6.07, 6.45) is 0.351. The normalized spacial score (nSPS) is 10.3. The van der Waals surface area contributed by atoms with Crippen molar-refractivity contribution in [1.82, 2.24) is 4.98 Å². The second-order valence-corrected chi connectivity index (χ2v) is 2.78. The molecular formula is C10H7NO3. The summed E-state index contributed by atoms with van der Waals surface area (Å²) in [5.74, 6) is -0.394. The van der Waals surface area contributed by atoms with Crippen molar-refractivity contribution < 1.29 is 14.0 Å². The highest BCUT2D eigenvalue weighted by Gasteiger charge is 2.12. The van der Waals surface area contributed by atoms with Gasteiger partial charge in [-0.25, -0.2) is 4.98 Å². The van der Waals surface area contributed by atoms with Gasteiger partial charge in [0.15, 0.2) is 5.58 Å². The lowest BCUT2D eigenvalue weighted by atomic mass is 10.3. The monoisotopic (exact) mass is 189 g/mol. The predicted octanol–water partition coefficient (Wildman–Crippen LogP) is 1.60. The molecule has 4 heteroatoms. The summed E-state index contributed by atoms with van der Waals surface area (Å²) >= 11 is 0. The third-order valence-corrected chi connectivity index (χ3v) is 1.80. The van der Waals surface area contributed by atoms with Gasteiger partial charge in [-0.3, -0.25) is 4.79 Å². The summed E-state index contributed by atoms with van der Waals surface area (Å²) in [5, 5.41) is 0. The Labute approximate surface area is 79.5 Å². The predicted molar refractivity (Wildman–Crippen MR) is 49.0 cm³/mol. The minimum atomic E-state index is -0.392. The molecule has 0 saturated heterocycles. The Kier molecular flexibility index (Phi) is 2.10. The molecule has 0 aliphatic heterocycles. The third kappa shape index (κ3) is 1.42. The van der Waals surface area contributed by atoms with Gasteiger partial charge in [-0.2, -0.15) is 0 Å². The lowest BCUT2D eigenvalue weighted by molar-refractivity contribution is -0.107. The fourth-order valence-corrected chi connectivity index (χ4v) is 1.15. The van der Waals surface area contributed by atoms with Gasteiger partial charge in [-0.1, -0.05) is 12.1 Å². The molecule has 0 bridgehead atoms. The van der Waals surface area contributed by atoms with Crippen LogP contribution in [0.3, 0.4) is 0 Å². The zero-order valence-electron chi connectivity index (χ0n) is 7.27. The van der Waals surface area contributed by atoms with E-state index < -0.39 is 5.78 Å². The van der Waals surface area contributed by atoms with Crippen LogP contribution in [0.25, 0.3) is 11.1 Å². The van der Waals surface area contributed by atoms with Crippen LogP contribution >= 0.6 is 0 Å². The van der Waals surface area contributed by atoms with E-state index in [9.17, 15) is 9.59 Å². The maximum Gasteiger partial charge on any atom is 0.264 e. The number of fused-ring (bicyclic) bond motifs is 1. The van der Waals surface area contributed by atoms with E-state index in [4.69, 9.17) is 4.42 Å². The van der Waals surface area contributed by atoms with E-state index in [2.05, 4.69) is 4.98 Å². The maximum absolute atomic E-state index is 11.2. The minimum absolute atomic E-state index is 0.00157. The van der Waals surface area contributed by atoms with Crippen LogP contribution in [0, 0.1) is 0 Å². The summed E-state index contributed by atoms with van der Waals surface area (Å²) < 4.78 is 5.16. The Hall–Kier alpha value is -1.97. The number of hydrogen-bond acceptors (Lipinski definition) is 4. The third-order valence-electron chi connectivity index (χ3n) is 1.80. The quantitative estimate of drug-likeness (QED) is 0.418. The van der Waals surface area contributed by atoms with Crippen molar-refractivity contribution in [3.05, 3.63) is 30.2 Å². The van der Waals surface area contributed by atoms with Gasteiger partial charge in [-0.15, -0.1) is 0 Å². The topological polar surface area (TPSA) is 60.2 Å². The van der Waals surface area contributed by atoms with E-state index in [0.29, 0.717) is 17.4 Å². The molecule has 0 amide bonds. The van der Waals surface area contributed by atoms with Gasteiger partial charge in [0.1, 0.15) is 11.8 Å². The standard InChI is InChI=1S/C10H7NO3/c12-6-5-8(13)10-11-7-3-1-2-4-9(7)14-10/h1-4,6H,5H2. The van der Waals surface area contributed by atoms with Gasteiger partial charge >= 0.3 is 0 Å². The van der Waals surface area contributed by atoms with Crippen LogP contribution in [-0.2, 0) is 4.79 Å². The van der Waals surface area contributed by atoms with E-state index in [-0.39, 0.29) is 12.3 Å². The van der Waals surface area contributed by atoms with Crippen molar-refractivity contribution in [2.75, 3.05) is 0 Å². The molecule has 4 nitrogen and oxygen atoms in total. The molecule has 0 saturated carbocycles. The summed E-state index contributed by atoms with van der Waals surface area (Å²) in [6, 6.07) is 7.07. The highest BCUT2D eigenvalue weighted by atomic mass is 16.4. The molecule has 0 spiro atoms. The molecule has 2 aromatic rings. The van der Waals surface area contributed by atoms with E-state index in [1.54, 1.807) is 24.3 Å². The van der Waals surface area contributed by atoms with Crippen molar-refractivity contribution in [2.24, 2.45) is 0 Å². The Balaban J connectivity index is 2.44. The molecule has 70 valence electrons. The molecule has 0 aliphatic rings. The number of aromatic nitrogens is 1. The smallest absolute Gasteiger partial charge is 0.264 e. The molecule has 2 rings (SSSR count). The van der Waals surface area contributed by atoms with Crippen LogP contribution in [-0.4, -0.2) is 17.1 Å². The highest BCUT2D eigenvalue weighted by molar-refractivity contribution is 6.00. The average molecular weight is 189 g/mol. The molecule has 0 fully saturated rings. The molecule has 1 aromatic heterocycles. The summed E-state index contributed by atoms with van der Waals surface area (Å²) in [7, 11) is 0. The van der Waals surface area contributed by atoms with Crippen molar-refractivity contribution in [3.8, 4) is 0 Å². The molecule has 0 aliphatic carbocycles. The first-order valence-electron chi connectivity index (χ1n) is 4.13. The van der Waals surface area contributed by atoms with Crippen molar-refractivity contribution in [1.29, 1.82) is 0 Å². The number of ketones is 1. The molecule has 0 N–H and O–H groups in total. The maximum atomic E-state index is 11.2. The highest BCUT2D eigenvalue weighted by Crippen LogP contribution is 2.15. The number of benzene rings is 1. The van der Waals surface area contributed by atoms with E-state index >= 15 is 0 Å². The Morgan fingerprint density at radius 2 is 2.21 bits per heavy atom. The first kappa shape index (κ1) is 8.62. The minimum Gasteiger partial charge on any atom is -0.434 e. The second kappa shape index (κ2) is 3.41. The van der Waals surface area contributed by atoms with Crippen molar-refractivity contribution >= 4 is 23.2 Å². The fourth-order valence-electron chi connectivity index (χ4n) is 1.15. The zero-order valence-corrected chi connectivity index (χ0v) is 7.27. The molecule has 0 radical (unpaired) electrons. The van der Waals surface area contributed by atoms with E-state index in [0.717, 1.165) is 0 Å². The van der Waals surface area contributed by atoms with Crippen LogP contribution < -0.4 is 0 Å². The van der Waals surface area contributed by atoms with Crippen LogP contribution in [0.5, 0.6) is 0 Å². The van der Waals surface area contributed by atoms with Crippen LogP contribution in [0.4, 0.5) is 0 Å². The van der Waals surface area contributed by atoms with Crippen molar-refractivity contribution in [3.63, 3.8) is 0 Å². The Morgan fingerprint density at radius 1 is 1.43 bits per heavy atom. The molecule has 0 atom stereocenters. The summed E-state index contributed by atoms with van der Waals surface area (Å²) in [4.78, 5) is 25.3. The number of oxazole rings is 1. The number of Topliss-reactive ketones (excluding diaryl/α,β-unsaturated/α-hetero) is 1. The van der Waals surface area contributed by atoms with Gasteiger partial charge in [0.05, 0.1) is 6.42 Å². The molecule has 1 aromatic carbocycles. The zero-order chi connectivity index (χ0) is 9.97. The van der Waals surface area contributed by atoms with Gasteiger partial charge in [0.25, 0.3) is 5.89 Å². The number of carbonyl (C=O) groups is 2. The first-order chi connectivity index (χ1) is 6.81. The Morgan fingerprint density at radius 3 is 2.93 bits per heavy atom. The number of nitrogens with zero attached hydrogens (tertiary/aromatic N) is 1. The molecule has 0 unspecified atom stereocenters.